The molecule has 0 saturated carbocycles. The number of nitrogens with one attached hydrogen (secondary N) is 1. The van der Waals surface area contributed by atoms with E-state index in [0.717, 1.165) is 53.0 Å². The number of pyridine rings is 1. The smallest absolute Gasteiger partial charge is 0.134 e. The number of aryl methyl sites for hydroxylation is 1. The maximum Gasteiger partial charge on any atom is 0.134 e. The fraction of sp³-hybridized carbons (Fsp3) is 0.217. The van der Waals surface area contributed by atoms with Crippen molar-refractivity contribution >= 4 is 51.4 Å². The fourth-order valence-electron chi connectivity index (χ4n) is 4.23. The first-order valence-corrected chi connectivity index (χ1v) is 10.7. The topological polar surface area (TPSA) is 105 Å². The van der Waals surface area contributed by atoms with Crippen molar-refractivity contribution in [2.75, 3.05) is 31.2 Å². The molecule has 0 aliphatic carbocycles. The van der Waals surface area contributed by atoms with Crippen LogP contribution in [0.4, 0.5) is 5.69 Å². The third-order valence-electron chi connectivity index (χ3n) is 5.69. The van der Waals surface area contributed by atoms with E-state index >= 15 is 0 Å². The van der Waals surface area contributed by atoms with Gasteiger partial charge in [0.05, 0.1) is 35.0 Å². The highest BCUT2D eigenvalue weighted by molar-refractivity contribution is 6.33. The van der Waals surface area contributed by atoms with E-state index in [4.69, 9.17) is 32.5 Å². The van der Waals surface area contributed by atoms with Gasteiger partial charge in [0.1, 0.15) is 23.5 Å². The van der Waals surface area contributed by atoms with Crippen LogP contribution in [0.5, 0.6) is 0 Å². The molecule has 3 N–H and O–H groups in total. The van der Waals surface area contributed by atoms with Crippen LogP contribution in [0, 0.1) is 12.3 Å². The molecular formula is C23H22ClN7O. The second kappa shape index (κ2) is 8.22. The molecule has 4 aromatic rings. The molecule has 2 aromatic heterocycles. The van der Waals surface area contributed by atoms with Crippen LogP contribution in [0.25, 0.3) is 27.6 Å². The predicted octanol–water partition coefficient (Wildman–Crippen LogP) is 3.68. The van der Waals surface area contributed by atoms with E-state index in [9.17, 15) is 0 Å². The lowest BCUT2D eigenvalue weighted by molar-refractivity contribution is 0.122. The highest BCUT2D eigenvalue weighted by Gasteiger charge is 2.22. The highest BCUT2D eigenvalue weighted by Crippen LogP contribution is 2.35. The second-order valence-electron chi connectivity index (χ2n) is 7.57. The molecule has 0 spiro atoms. The molecule has 8 nitrogen and oxygen atoms in total. The minimum atomic E-state index is 0.246. The van der Waals surface area contributed by atoms with Gasteiger partial charge in [0.2, 0.25) is 0 Å². The Balaban J connectivity index is 1.85. The van der Waals surface area contributed by atoms with Crippen LogP contribution in [0.3, 0.4) is 0 Å². The van der Waals surface area contributed by atoms with Gasteiger partial charge in [-0.3, -0.25) is 15.0 Å². The molecule has 32 heavy (non-hydrogen) atoms. The number of hydrogen-bond acceptors (Lipinski definition) is 5. The first kappa shape index (κ1) is 20.4. The zero-order chi connectivity index (χ0) is 22.2. The Labute approximate surface area is 189 Å². The summed E-state index contributed by atoms with van der Waals surface area (Å²) in [7, 11) is 0. The third kappa shape index (κ3) is 3.37. The van der Waals surface area contributed by atoms with Crippen LogP contribution in [-0.4, -0.2) is 53.0 Å². The van der Waals surface area contributed by atoms with Gasteiger partial charge in [-0.1, -0.05) is 29.8 Å². The minimum absolute atomic E-state index is 0.246. The van der Waals surface area contributed by atoms with Crippen molar-refractivity contribution in [2.45, 2.75) is 6.92 Å². The number of nitrogens with two attached hydrogens (primary N) is 1. The predicted molar refractivity (Wildman–Crippen MR) is 129 cm³/mol. The molecule has 9 heteroatoms. The third-order valence-corrected chi connectivity index (χ3v) is 5.97. The Morgan fingerprint density at radius 3 is 2.81 bits per heavy atom. The minimum Gasteiger partial charge on any atom is -0.383 e. The average molecular weight is 448 g/mol. The number of fused-ring (bicyclic) bond motifs is 2. The maximum absolute atomic E-state index is 7.37. The summed E-state index contributed by atoms with van der Waals surface area (Å²) in [5.74, 6) is 1.01. The number of para-hydroxylation sites is 1. The zero-order valence-corrected chi connectivity index (χ0v) is 18.3. The van der Waals surface area contributed by atoms with Crippen molar-refractivity contribution in [3.8, 4) is 5.69 Å². The Kier molecular flexibility index (Phi) is 5.24. The maximum atomic E-state index is 7.37. The molecule has 1 fully saturated rings. The number of anilines is 1. The first-order valence-electron chi connectivity index (χ1n) is 10.3. The summed E-state index contributed by atoms with van der Waals surface area (Å²) in [5.41, 5.74) is 11.2. The number of hydrogen-bond donors (Lipinski definition) is 2. The quantitative estimate of drug-likeness (QED) is 0.366. The molecule has 0 bridgehead atoms. The number of morpholine rings is 1. The summed E-state index contributed by atoms with van der Waals surface area (Å²) in [5, 5.41) is 8.84. The van der Waals surface area contributed by atoms with Gasteiger partial charge in [-0.25, -0.2) is 9.98 Å². The van der Waals surface area contributed by atoms with Crippen LogP contribution in [0.2, 0.25) is 5.02 Å². The summed E-state index contributed by atoms with van der Waals surface area (Å²) >= 11 is 6.69. The van der Waals surface area contributed by atoms with E-state index in [0.29, 0.717) is 29.3 Å². The summed E-state index contributed by atoms with van der Waals surface area (Å²) in [6, 6.07) is 12.0. The number of aliphatic imine (C=N–C) groups is 1. The number of amidine groups is 1. The van der Waals surface area contributed by atoms with Gasteiger partial charge in [-0.2, -0.15) is 0 Å². The van der Waals surface area contributed by atoms with Crippen molar-refractivity contribution in [1.29, 1.82) is 5.41 Å². The van der Waals surface area contributed by atoms with Crippen molar-refractivity contribution < 1.29 is 4.74 Å². The Hall–Kier alpha value is -3.49. The number of imidazole rings is 1. The van der Waals surface area contributed by atoms with E-state index in [-0.39, 0.29) is 5.84 Å². The van der Waals surface area contributed by atoms with Crippen LogP contribution in [0.15, 0.2) is 47.6 Å². The molecular weight excluding hydrogens is 426 g/mol. The second-order valence-corrected chi connectivity index (χ2v) is 7.98. The number of aromatic nitrogens is 3. The Bertz CT molecular complexity index is 1370. The molecule has 3 heterocycles. The normalized spacial score (nSPS) is 14.9. The largest absolute Gasteiger partial charge is 0.383 e. The number of ether oxygens (including phenoxy) is 1. The van der Waals surface area contributed by atoms with Crippen molar-refractivity contribution in [1.82, 2.24) is 14.5 Å². The molecule has 0 amide bonds. The van der Waals surface area contributed by atoms with Gasteiger partial charge < -0.3 is 15.4 Å². The van der Waals surface area contributed by atoms with Gasteiger partial charge in [0.25, 0.3) is 0 Å². The van der Waals surface area contributed by atoms with Gasteiger partial charge in [0, 0.05) is 35.9 Å². The van der Waals surface area contributed by atoms with E-state index in [1.165, 1.54) is 0 Å². The van der Waals surface area contributed by atoms with Crippen molar-refractivity contribution in [2.24, 2.45) is 10.7 Å². The molecule has 1 saturated heterocycles. The fourth-order valence-corrected chi connectivity index (χ4v) is 4.46. The monoisotopic (exact) mass is 447 g/mol. The van der Waals surface area contributed by atoms with Gasteiger partial charge in [0.15, 0.2) is 0 Å². The van der Waals surface area contributed by atoms with Gasteiger partial charge in [-0.05, 0) is 25.1 Å². The molecule has 0 unspecified atom stereocenters. The lowest BCUT2D eigenvalue weighted by Gasteiger charge is -2.29. The van der Waals surface area contributed by atoms with Crippen LogP contribution < -0.4 is 10.6 Å². The zero-order valence-electron chi connectivity index (χ0n) is 17.5. The Morgan fingerprint density at radius 2 is 2.03 bits per heavy atom. The van der Waals surface area contributed by atoms with E-state index in [1.807, 2.05) is 41.8 Å². The SMILES string of the molecule is Cc1nc2c(C(N)=NC=N)cc(N3CCOCC3)cc2n1-c1c(Cl)cnc2ccccc12. The van der Waals surface area contributed by atoms with E-state index in [2.05, 4.69) is 20.9 Å². The van der Waals surface area contributed by atoms with E-state index in [1.54, 1.807) is 6.20 Å². The molecule has 0 atom stereocenters. The summed E-state index contributed by atoms with van der Waals surface area (Å²) in [6.45, 7) is 4.82. The standard InChI is InChI=1S/C23H22ClN7O/c1-14-29-21-17(23(26)28-13-25)10-15(30-6-8-32-9-7-30)11-20(21)31(14)22-16-4-2-3-5-19(16)27-12-18(22)24/h2-5,10-13H,6-9H2,1H3,(H3,25,26,28). The van der Waals surface area contributed by atoms with Gasteiger partial charge >= 0.3 is 0 Å². The number of nitrogens with zero attached hydrogens (tertiary/aromatic N) is 5. The highest BCUT2D eigenvalue weighted by atomic mass is 35.5. The molecule has 162 valence electrons. The number of halogens is 1. The van der Waals surface area contributed by atoms with Crippen molar-refractivity contribution in [3.63, 3.8) is 0 Å². The summed E-state index contributed by atoms with van der Waals surface area (Å²) < 4.78 is 7.57. The number of rotatable bonds is 4. The van der Waals surface area contributed by atoms with Crippen LogP contribution >= 0.6 is 11.6 Å². The Morgan fingerprint density at radius 1 is 1.25 bits per heavy atom. The first-order chi connectivity index (χ1) is 15.6. The average Bonchev–Trinajstić information content (AvgIpc) is 3.14. The van der Waals surface area contributed by atoms with Crippen LogP contribution in [0.1, 0.15) is 11.4 Å². The lowest BCUT2D eigenvalue weighted by Crippen LogP contribution is -2.36. The van der Waals surface area contributed by atoms with Crippen molar-refractivity contribution in [3.05, 3.63) is 59.0 Å². The molecule has 5 rings (SSSR count). The van der Waals surface area contributed by atoms with E-state index < -0.39 is 0 Å². The molecule has 1 aliphatic rings. The summed E-state index contributed by atoms with van der Waals surface area (Å²) in [6.07, 6.45) is 2.61. The number of benzene rings is 2. The van der Waals surface area contributed by atoms with Gasteiger partial charge in [-0.15, -0.1) is 0 Å². The molecule has 0 radical (unpaired) electrons. The van der Waals surface area contributed by atoms with Crippen LogP contribution in [-0.2, 0) is 4.74 Å². The molecule has 2 aromatic carbocycles. The lowest BCUT2D eigenvalue weighted by atomic mass is 10.1. The molecule has 1 aliphatic heterocycles. The summed E-state index contributed by atoms with van der Waals surface area (Å²) in [4.78, 5) is 15.6.